The van der Waals surface area contributed by atoms with Crippen LogP contribution in [0.2, 0.25) is 0 Å². The van der Waals surface area contributed by atoms with E-state index < -0.39 is 0 Å². The van der Waals surface area contributed by atoms with Crippen molar-refractivity contribution >= 4 is 40.9 Å². The third-order valence-corrected chi connectivity index (χ3v) is 5.06. The Morgan fingerprint density at radius 1 is 0.926 bits per heavy atom. The van der Waals surface area contributed by atoms with Crippen LogP contribution >= 0.6 is 12.2 Å². The van der Waals surface area contributed by atoms with Gasteiger partial charge in [0.05, 0.1) is 0 Å². The molecular formula is C21H27N3O2S. The fraction of sp³-hybridized carbons (Fsp3) is 0.381. The van der Waals surface area contributed by atoms with Gasteiger partial charge in [-0.25, -0.2) is 0 Å². The highest BCUT2D eigenvalue weighted by Gasteiger charge is 2.37. The lowest BCUT2D eigenvalue weighted by atomic mass is 10.1. The molecule has 0 saturated carbocycles. The Morgan fingerprint density at radius 2 is 1.44 bits per heavy atom. The van der Waals surface area contributed by atoms with Crippen molar-refractivity contribution in [2.24, 2.45) is 0 Å². The van der Waals surface area contributed by atoms with E-state index in [2.05, 4.69) is 30.9 Å². The maximum absolute atomic E-state index is 12.6. The van der Waals surface area contributed by atoms with Gasteiger partial charge in [0, 0.05) is 31.9 Å². The van der Waals surface area contributed by atoms with Gasteiger partial charge in [-0.3, -0.25) is 19.4 Å². The van der Waals surface area contributed by atoms with E-state index in [1.54, 1.807) is 12.2 Å². The number of hydrogen-bond acceptors (Lipinski definition) is 4. The van der Waals surface area contributed by atoms with Gasteiger partial charge < -0.3 is 4.90 Å². The number of likely N-dealkylation sites (N-methyl/N-ethyl adjacent to an activating group) is 2. The molecule has 0 aromatic heterocycles. The molecular weight excluding hydrogens is 358 g/mol. The van der Waals surface area contributed by atoms with Crippen molar-refractivity contribution in [2.75, 3.05) is 31.1 Å². The predicted molar refractivity (Wildman–Crippen MR) is 114 cm³/mol. The van der Waals surface area contributed by atoms with Crippen molar-refractivity contribution < 1.29 is 9.59 Å². The first-order chi connectivity index (χ1) is 13.0. The molecule has 0 aliphatic carbocycles. The van der Waals surface area contributed by atoms with Gasteiger partial charge in [-0.15, -0.1) is 0 Å². The maximum Gasteiger partial charge on any atom is 0.265 e. The summed E-state index contributed by atoms with van der Waals surface area (Å²) in [4.78, 5) is 30.3. The quantitative estimate of drug-likeness (QED) is 0.410. The molecule has 1 fully saturated rings. The summed E-state index contributed by atoms with van der Waals surface area (Å²) in [6.45, 7) is 10.8. The molecule has 144 valence electrons. The van der Waals surface area contributed by atoms with Crippen molar-refractivity contribution in [3.8, 4) is 0 Å². The summed E-state index contributed by atoms with van der Waals surface area (Å²) in [6, 6.07) is 8.21. The van der Waals surface area contributed by atoms with Gasteiger partial charge in [0.15, 0.2) is 5.11 Å². The van der Waals surface area contributed by atoms with E-state index in [1.807, 2.05) is 32.1 Å². The van der Waals surface area contributed by atoms with E-state index in [1.165, 1.54) is 15.5 Å². The highest BCUT2D eigenvalue weighted by Crippen LogP contribution is 2.19. The molecule has 0 bridgehead atoms. The van der Waals surface area contributed by atoms with Crippen LogP contribution in [-0.4, -0.2) is 52.9 Å². The van der Waals surface area contributed by atoms with Crippen molar-refractivity contribution in [3.63, 3.8) is 0 Å². The first kappa shape index (κ1) is 20.8. The predicted octanol–water partition coefficient (Wildman–Crippen LogP) is 3.47. The number of allylic oxidation sites excluding steroid dienone is 2. The smallest absolute Gasteiger partial charge is 0.265 e. The number of carbonyl (C=O) groups excluding carboxylic acids is 2. The molecule has 1 aromatic rings. The lowest BCUT2D eigenvalue weighted by molar-refractivity contribution is -0.133. The van der Waals surface area contributed by atoms with Gasteiger partial charge in [0.1, 0.15) is 5.57 Å². The number of carbonyl (C=O) groups is 2. The number of thiocarbonyl (C=S) groups is 1. The minimum atomic E-state index is -0.335. The molecule has 0 unspecified atom stereocenters. The monoisotopic (exact) mass is 385 g/mol. The van der Waals surface area contributed by atoms with Gasteiger partial charge in [0.2, 0.25) is 0 Å². The minimum absolute atomic E-state index is 0.142. The summed E-state index contributed by atoms with van der Waals surface area (Å²) in [5, 5.41) is 0.281. The van der Waals surface area contributed by atoms with E-state index in [0.29, 0.717) is 13.1 Å². The number of nitrogens with zero attached hydrogens (tertiary/aromatic N) is 3. The summed E-state index contributed by atoms with van der Waals surface area (Å²) >= 11 is 5.26. The molecule has 1 aliphatic rings. The second-order valence-corrected chi connectivity index (χ2v) is 6.45. The molecule has 0 atom stereocenters. The summed E-state index contributed by atoms with van der Waals surface area (Å²) < 4.78 is 0. The van der Waals surface area contributed by atoms with Crippen LogP contribution in [-0.2, 0) is 9.59 Å². The third-order valence-electron chi connectivity index (χ3n) is 4.62. The van der Waals surface area contributed by atoms with E-state index in [4.69, 9.17) is 12.2 Å². The van der Waals surface area contributed by atoms with Gasteiger partial charge in [-0.1, -0.05) is 24.3 Å². The molecule has 0 radical (unpaired) electrons. The van der Waals surface area contributed by atoms with Crippen molar-refractivity contribution in [1.29, 1.82) is 0 Å². The van der Waals surface area contributed by atoms with E-state index in [0.717, 1.165) is 18.7 Å². The first-order valence-corrected chi connectivity index (χ1v) is 9.80. The molecule has 0 N–H and O–H groups in total. The maximum atomic E-state index is 12.6. The highest BCUT2D eigenvalue weighted by molar-refractivity contribution is 7.80. The van der Waals surface area contributed by atoms with Crippen LogP contribution in [0.25, 0.3) is 6.08 Å². The zero-order chi connectivity index (χ0) is 20.0. The Labute approximate surface area is 166 Å². The van der Waals surface area contributed by atoms with Crippen molar-refractivity contribution in [1.82, 2.24) is 9.80 Å². The van der Waals surface area contributed by atoms with Gasteiger partial charge in [-0.05, 0) is 63.7 Å². The number of benzene rings is 1. The molecule has 1 heterocycles. The Kier molecular flexibility index (Phi) is 7.30. The second kappa shape index (κ2) is 9.46. The van der Waals surface area contributed by atoms with E-state index >= 15 is 0 Å². The molecule has 1 aliphatic heterocycles. The van der Waals surface area contributed by atoms with Gasteiger partial charge >= 0.3 is 0 Å². The number of hydrogen-bond donors (Lipinski definition) is 0. The van der Waals surface area contributed by atoms with Crippen molar-refractivity contribution in [3.05, 3.63) is 47.6 Å². The molecule has 1 aromatic carbocycles. The van der Waals surface area contributed by atoms with Crippen molar-refractivity contribution in [2.45, 2.75) is 27.7 Å². The summed E-state index contributed by atoms with van der Waals surface area (Å²) in [5.41, 5.74) is 2.33. The van der Waals surface area contributed by atoms with Crippen LogP contribution in [0.1, 0.15) is 33.3 Å². The Balaban J connectivity index is 2.21. The average molecular weight is 386 g/mol. The minimum Gasteiger partial charge on any atom is -0.372 e. The lowest BCUT2D eigenvalue weighted by Gasteiger charge is -2.35. The molecule has 27 heavy (non-hydrogen) atoms. The van der Waals surface area contributed by atoms with Crippen LogP contribution in [0.4, 0.5) is 5.69 Å². The average Bonchev–Trinajstić information content (AvgIpc) is 2.67. The van der Waals surface area contributed by atoms with E-state index in [-0.39, 0.29) is 22.5 Å². The van der Waals surface area contributed by atoms with Crippen LogP contribution < -0.4 is 4.90 Å². The summed E-state index contributed by atoms with van der Waals surface area (Å²) in [6.07, 6.45) is 5.21. The number of amides is 2. The Bertz CT molecular complexity index is 736. The molecule has 2 amide bonds. The number of rotatable bonds is 7. The third kappa shape index (κ3) is 4.45. The lowest BCUT2D eigenvalue weighted by Crippen LogP contribution is -2.55. The summed E-state index contributed by atoms with van der Waals surface area (Å²) in [7, 11) is 0. The molecule has 1 saturated heterocycles. The van der Waals surface area contributed by atoms with Gasteiger partial charge in [-0.2, -0.15) is 0 Å². The SMILES string of the molecule is CCN1C(=O)C(=C/C=C/c2ccc(N(CC)CC)cc2)C(=O)N(CC)C1=S. The molecule has 2 rings (SSSR count). The number of anilines is 1. The fourth-order valence-electron chi connectivity index (χ4n) is 3.04. The van der Waals surface area contributed by atoms with Crippen LogP contribution in [0, 0.1) is 0 Å². The standard InChI is InChI=1S/C21H27N3O2S/c1-5-22(6-2)17-14-12-16(13-15-17)10-9-11-18-19(25)23(7-3)21(27)24(8-4)20(18)26/h9-15H,5-8H2,1-4H3/b10-9+. The zero-order valence-corrected chi connectivity index (χ0v) is 17.3. The Hall–Kier alpha value is -2.47. The zero-order valence-electron chi connectivity index (χ0n) is 16.4. The Morgan fingerprint density at radius 3 is 1.89 bits per heavy atom. The molecule has 5 nitrogen and oxygen atoms in total. The van der Waals surface area contributed by atoms with Gasteiger partial charge in [0.25, 0.3) is 11.8 Å². The van der Waals surface area contributed by atoms with Crippen LogP contribution in [0.5, 0.6) is 0 Å². The normalized spacial score (nSPS) is 15.1. The topological polar surface area (TPSA) is 43.9 Å². The largest absolute Gasteiger partial charge is 0.372 e. The second-order valence-electron chi connectivity index (χ2n) is 6.08. The van der Waals surface area contributed by atoms with Crippen LogP contribution in [0.15, 0.2) is 42.0 Å². The first-order valence-electron chi connectivity index (χ1n) is 9.39. The fourth-order valence-corrected chi connectivity index (χ4v) is 3.47. The summed E-state index contributed by atoms with van der Waals surface area (Å²) in [5.74, 6) is -0.669. The highest BCUT2D eigenvalue weighted by atomic mass is 32.1. The molecule has 6 heteroatoms. The molecule has 0 spiro atoms. The van der Waals surface area contributed by atoms with E-state index in [9.17, 15) is 9.59 Å². The van der Waals surface area contributed by atoms with Crippen LogP contribution in [0.3, 0.4) is 0 Å².